The summed E-state index contributed by atoms with van der Waals surface area (Å²) in [7, 11) is 2.22. The lowest BCUT2D eigenvalue weighted by atomic mass is 9.75. The predicted octanol–water partition coefficient (Wildman–Crippen LogP) is 21.2. The summed E-state index contributed by atoms with van der Waals surface area (Å²) in [5, 5.41) is 10.3. The average molecular weight is 1250 g/mol. The molecule has 0 radical (unpaired) electrons. The monoisotopic (exact) mass is 1250 g/mol. The number of aryl methyl sites for hydroxylation is 5. The molecule has 3 aromatic heterocycles. The van der Waals surface area contributed by atoms with Crippen molar-refractivity contribution >= 4 is 11.6 Å². The molecule has 8 nitrogen and oxygen atoms in total. The number of rotatable bonds is 10. The maximum Gasteiger partial charge on any atom is 0.417 e. The highest BCUT2D eigenvalue weighted by molar-refractivity contribution is 5.45. The number of hydrogen-bond acceptors (Lipinski definition) is 7. The van der Waals surface area contributed by atoms with Crippen molar-refractivity contribution in [1.29, 1.82) is 0 Å². The molecule has 5 heterocycles. The molecule has 89 heavy (non-hydrogen) atoms. The van der Waals surface area contributed by atoms with Gasteiger partial charge in [-0.3, -0.25) is 9.58 Å². The quantitative estimate of drug-likeness (QED) is 0.135. The van der Waals surface area contributed by atoms with E-state index >= 15 is 0 Å². The summed E-state index contributed by atoms with van der Waals surface area (Å²) < 4.78 is 76.2. The zero-order chi connectivity index (χ0) is 67.4. The molecule has 1 atom stereocenters. The van der Waals surface area contributed by atoms with Crippen LogP contribution < -0.4 is 10.6 Å². The van der Waals surface area contributed by atoms with Gasteiger partial charge in [0.25, 0.3) is 0 Å². The third-order valence-corrected chi connectivity index (χ3v) is 17.1. The fourth-order valence-corrected chi connectivity index (χ4v) is 11.0. The number of halogens is 6. The fraction of sp³-hybridized carbons (Fsp3) is 0.667. The zero-order valence-electron chi connectivity index (χ0n) is 59.4. The third-order valence-electron chi connectivity index (χ3n) is 17.1. The second kappa shape index (κ2) is 34.1. The van der Waals surface area contributed by atoms with Crippen LogP contribution in [0.4, 0.5) is 38.0 Å². The lowest BCUT2D eigenvalue weighted by molar-refractivity contribution is -0.138. The molecule has 5 aromatic rings. The van der Waals surface area contributed by atoms with Crippen LogP contribution in [0.2, 0.25) is 0 Å². The number of piperidine rings is 2. The van der Waals surface area contributed by atoms with Crippen molar-refractivity contribution in [3.05, 3.63) is 136 Å². The minimum atomic E-state index is -4.33. The molecule has 502 valence electrons. The molecule has 2 fully saturated rings. The number of alkyl halides is 6. The second-order valence-corrected chi connectivity index (χ2v) is 32.4. The van der Waals surface area contributed by atoms with Crippen molar-refractivity contribution in [3.8, 4) is 0 Å². The molecule has 0 spiro atoms. The van der Waals surface area contributed by atoms with Crippen LogP contribution in [-0.2, 0) is 31.9 Å². The van der Waals surface area contributed by atoms with E-state index in [-0.39, 0.29) is 10.8 Å². The number of hydrogen-bond donors (Lipinski definition) is 2. The second-order valence-electron chi connectivity index (χ2n) is 32.4. The fourth-order valence-electron chi connectivity index (χ4n) is 11.0. The number of benzene rings is 2. The Hall–Kier alpha value is -4.95. The molecule has 1 aliphatic carbocycles. The first-order chi connectivity index (χ1) is 40.8. The van der Waals surface area contributed by atoms with Crippen molar-refractivity contribution in [2.24, 2.45) is 44.3 Å². The van der Waals surface area contributed by atoms with E-state index < -0.39 is 23.5 Å². The summed E-state index contributed by atoms with van der Waals surface area (Å²) >= 11 is 0. The van der Waals surface area contributed by atoms with Gasteiger partial charge in [-0.2, -0.15) is 31.4 Å². The molecule has 0 bridgehead atoms. The number of pyridine rings is 2. The number of nitrogens with one attached hydrogen (secondary N) is 2. The molecular formula is C75H120F6N8. The summed E-state index contributed by atoms with van der Waals surface area (Å²) in [5.41, 5.74) is 8.57. The number of likely N-dealkylation sites (tertiary alicyclic amines) is 2. The van der Waals surface area contributed by atoms with Crippen LogP contribution in [0.15, 0.2) is 91.5 Å². The van der Waals surface area contributed by atoms with Gasteiger partial charge < -0.3 is 15.5 Å². The van der Waals surface area contributed by atoms with Crippen LogP contribution in [0.3, 0.4) is 0 Å². The normalized spacial score (nSPS) is 16.6. The maximum absolute atomic E-state index is 12.4. The number of fused-ring (bicyclic) bond motifs is 1. The van der Waals surface area contributed by atoms with Gasteiger partial charge in [0.2, 0.25) is 0 Å². The average Bonchev–Trinajstić information content (AvgIpc) is 1.78. The number of anilines is 2. The van der Waals surface area contributed by atoms with Gasteiger partial charge in [0.1, 0.15) is 11.6 Å². The first kappa shape index (κ1) is 78.3. The number of aromatic nitrogens is 4. The smallest absolute Gasteiger partial charge is 0.370 e. The van der Waals surface area contributed by atoms with Crippen LogP contribution in [0.5, 0.6) is 0 Å². The Morgan fingerprint density at radius 3 is 1.48 bits per heavy atom. The molecule has 14 heteroatoms. The lowest BCUT2D eigenvalue weighted by Gasteiger charge is -2.38. The van der Waals surface area contributed by atoms with Crippen molar-refractivity contribution in [1.82, 2.24) is 29.5 Å². The molecule has 0 amide bonds. The highest BCUT2D eigenvalue weighted by Crippen LogP contribution is 2.45. The SMILES string of the molecule is CC(C)(C)C1CCN(Cc2ccccc2)CC1.CC(C)(C)CCNc1ccc(C(F)(F)F)cn1.CN1CCC(C(C)(C)C)CC1.Cc1cc(C(F)(F)F)cnc1NCCC(C)(C)C.Cc1ccc2c(c1)C(C(C)(C)C)CC2.Cc1cnn(CCC(C)(C)C)c1. The van der Waals surface area contributed by atoms with Gasteiger partial charge in [-0.25, -0.2) is 9.97 Å². The molecule has 2 saturated heterocycles. The summed E-state index contributed by atoms with van der Waals surface area (Å²) in [6, 6.07) is 21.3. The van der Waals surface area contributed by atoms with E-state index in [2.05, 4.69) is 236 Å². The molecule has 0 saturated carbocycles. The van der Waals surface area contributed by atoms with Crippen molar-refractivity contribution < 1.29 is 26.3 Å². The van der Waals surface area contributed by atoms with Gasteiger partial charge in [0.15, 0.2) is 0 Å². The highest BCUT2D eigenvalue weighted by atomic mass is 19.4. The van der Waals surface area contributed by atoms with E-state index in [9.17, 15) is 26.3 Å². The van der Waals surface area contributed by atoms with Crippen LogP contribution >= 0.6 is 0 Å². The largest absolute Gasteiger partial charge is 0.417 e. The predicted molar refractivity (Wildman–Crippen MR) is 365 cm³/mol. The Morgan fingerprint density at radius 2 is 1.03 bits per heavy atom. The Bertz CT molecular complexity index is 2760. The van der Waals surface area contributed by atoms with E-state index in [1.807, 2.05) is 10.9 Å². The minimum Gasteiger partial charge on any atom is -0.370 e. The molecule has 2 N–H and O–H groups in total. The Kier molecular flexibility index (Phi) is 30.0. The van der Waals surface area contributed by atoms with E-state index in [1.165, 1.54) is 93.9 Å². The summed E-state index contributed by atoms with van der Waals surface area (Å²) in [5.74, 6) is 3.60. The van der Waals surface area contributed by atoms with Crippen LogP contribution in [0, 0.1) is 65.1 Å². The number of nitrogens with zero attached hydrogens (tertiary/aromatic N) is 6. The summed E-state index contributed by atoms with van der Waals surface area (Å²) in [4.78, 5) is 12.6. The van der Waals surface area contributed by atoms with Crippen molar-refractivity contribution in [3.63, 3.8) is 0 Å². The van der Waals surface area contributed by atoms with Gasteiger partial charge in [0.05, 0.1) is 17.3 Å². The molecular weight excluding hydrogens is 1130 g/mol. The van der Waals surface area contributed by atoms with E-state index in [0.717, 1.165) is 68.2 Å². The van der Waals surface area contributed by atoms with Gasteiger partial charge in [-0.15, -0.1) is 0 Å². The van der Waals surface area contributed by atoms with Gasteiger partial charge in [-0.05, 0) is 208 Å². The van der Waals surface area contributed by atoms with Crippen molar-refractivity contribution in [2.75, 3.05) is 56.9 Å². The maximum atomic E-state index is 12.4. The summed E-state index contributed by atoms with van der Waals surface area (Å²) in [6.07, 6.45) is 8.18. The minimum absolute atomic E-state index is 0.187. The van der Waals surface area contributed by atoms with Gasteiger partial charge in [-0.1, -0.05) is 179 Å². The first-order valence-corrected chi connectivity index (χ1v) is 32.9. The van der Waals surface area contributed by atoms with Crippen molar-refractivity contribution in [2.45, 2.75) is 235 Å². The molecule has 2 aromatic carbocycles. The van der Waals surface area contributed by atoms with Gasteiger partial charge in [0, 0.05) is 44.8 Å². The van der Waals surface area contributed by atoms with Crippen LogP contribution in [0.1, 0.15) is 226 Å². The molecule has 3 aliphatic rings. The lowest BCUT2D eigenvalue weighted by Crippen LogP contribution is -2.37. The van der Waals surface area contributed by atoms with Crippen LogP contribution in [-0.4, -0.2) is 75.9 Å². The van der Waals surface area contributed by atoms with E-state index in [1.54, 1.807) is 18.1 Å². The third kappa shape index (κ3) is 31.8. The van der Waals surface area contributed by atoms with E-state index in [4.69, 9.17) is 0 Å². The Morgan fingerprint density at radius 1 is 0.517 bits per heavy atom. The molecule has 2 aliphatic heterocycles. The van der Waals surface area contributed by atoms with Crippen LogP contribution in [0.25, 0.3) is 0 Å². The standard InChI is InChI=1S/C16H25N.C14H20.C13H19F3N2.C12H17F3N2.C10H18N2.C10H21N/c1-16(2,3)15-9-11-17(12-10-15)13-14-7-5-4-6-8-14;1-10-5-6-11-7-8-13(12(11)9-10)14(2,3)4;1-9-7-10(13(14,15)16)8-18-11(9)17-6-5-12(2,3)4;1-11(2,3)6-7-16-10-5-4-9(8-17-10)12(13,14)15;1-9-7-11-12(8-9)6-5-10(2,3)4;1-10(2,3)9-5-7-11(4)8-6-9/h4-8,15H,9-13H2,1-3H3;5-6,9,13H,7-8H2,1-4H3;7-8H,5-6H2,1-4H3,(H,17,18);4-5,8H,6-7H2,1-3H3,(H,16,17);7-8H,5-6H2,1-4H3;9H,5-8H2,1-4H3. The Balaban J connectivity index is 0.000000281. The highest BCUT2D eigenvalue weighted by Gasteiger charge is 2.34. The van der Waals surface area contributed by atoms with E-state index in [0.29, 0.717) is 51.9 Å². The molecule has 8 rings (SSSR count). The molecule has 1 unspecified atom stereocenters. The summed E-state index contributed by atoms with van der Waals surface area (Å²) in [6.45, 7) is 55.3. The topological polar surface area (TPSA) is 74.1 Å². The zero-order valence-corrected chi connectivity index (χ0v) is 59.4. The Labute approximate surface area is 537 Å². The first-order valence-electron chi connectivity index (χ1n) is 32.9. The van der Waals surface area contributed by atoms with Gasteiger partial charge >= 0.3 is 12.4 Å².